The third kappa shape index (κ3) is 4.86. The SMILES string of the molecule is C=CC/C(=C(\CCCC)c1ccccc1)P(=S)(c1ccccc1)c1ccccc1. The monoisotopic (exact) mass is 416 g/mol. The zero-order valence-electron chi connectivity index (χ0n) is 17.1. The molecule has 0 N–H and O–H groups in total. The van der Waals surface area contributed by atoms with Gasteiger partial charge in [-0.3, -0.25) is 0 Å². The van der Waals surface area contributed by atoms with E-state index < -0.39 is 6.04 Å². The molecule has 3 aromatic rings. The van der Waals surface area contributed by atoms with Crippen LogP contribution in [-0.2, 0) is 11.8 Å². The summed E-state index contributed by atoms with van der Waals surface area (Å²) in [6.07, 6.45) is 6.20. The zero-order chi connectivity index (χ0) is 20.5. The maximum atomic E-state index is 6.65. The van der Waals surface area contributed by atoms with Crippen molar-refractivity contribution in [3.63, 3.8) is 0 Å². The van der Waals surface area contributed by atoms with E-state index in [0.717, 1.165) is 25.7 Å². The Morgan fingerprint density at radius 3 is 1.76 bits per heavy atom. The van der Waals surface area contributed by atoms with Gasteiger partial charge in [-0.25, -0.2) is 0 Å². The second-order valence-corrected chi connectivity index (χ2v) is 11.6. The lowest BCUT2D eigenvalue weighted by atomic mass is 9.99. The number of allylic oxidation sites excluding steroid dienone is 3. The Bertz CT molecular complexity index is 945. The molecule has 0 aliphatic carbocycles. The van der Waals surface area contributed by atoms with Crippen molar-refractivity contribution in [2.24, 2.45) is 0 Å². The van der Waals surface area contributed by atoms with Gasteiger partial charge in [-0.05, 0) is 46.3 Å². The maximum Gasteiger partial charge on any atom is 0.0346 e. The largest absolute Gasteiger partial charge is 0.103 e. The third-order valence-corrected chi connectivity index (χ3v) is 10.4. The van der Waals surface area contributed by atoms with E-state index >= 15 is 0 Å². The molecule has 0 saturated heterocycles. The van der Waals surface area contributed by atoms with Crippen LogP contribution < -0.4 is 10.6 Å². The highest BCUT2D eigenvalue weighted by Gasteiger charge is 2.29. The Morgan fingerprint density at radius 1 is 0.828 bits per heavy atom. The Balaban J connectivity index is 2.35. The predicted octanol–water partition coefficient (Wildman–Crippen LogP) is 7.29. The molecule has 2 heteroatoms. The molecule has 0 spiro atoms. The molecule has 29 heavy (non-hydrogen) atoms. The third-order valence-electron chi connectivity index (χ3n) is 5.21. The van der Waals surface area contributed by atoms with Gasteiger partial charge in [0.15, 0.2) is 0 Å². The highest BCUT2D eigenvalue weighted by atomic mass is 32.4. The van der Waals surface area contributed by atoms with Gasteiger partial charge in [0.05, 0.1) is 0 Å². The standard InChI is InChI=1S/C27H29PS/c1-3-5-22-26(23-16-9-6-10-17-23)27(15-4-2)28(29,24-18-11-7-12-19-24)25-20-13-8-14-21-25/h4,6-14,16-21H,2-3,5,15,22H2,1H3/b27-26-. The van der Waals surface area contributed by atoms with E-state index in [-0.39, 0.29) is 0 Å². The smallest absolute Gasteiger partial charge is 0.0346 e. The molecule has 0 aromatic heterocycles. The molecule has 0 radical (unpaired) electrons. The van der Waals surface area contributed by atoms with E-state index in [1.165, 1.54) is 27.1 Å². The highest BCUT2D eigenvalue weighted by Crippen LogP contribution is 2.57. The number of unbranched alkanes of at least 4 members (excludes halogenated alkanes) is 1. The van der Waals surface area contributed by atoms with Crippen LogP contribution in [0.15, 0.2) is 109 Å². The van der Waals surface area contributed by atoms with Gasteiger partial charge in [0, 0.05) is 6.04 Å². The second kappa shape index (κ2) is 10.5. The summed E-state index contributed by atoms with van der Waals surface area (Å²) in [6.45, 7) is 6.35. The summed E-state index contributed by atoms with van der Waals surface area (Å²) in [5.74, 6) is 0. The van der Waals surface area contributed by atoms with Gasteiger partial charge in [0.1, 0.15) is 0 Å². The number of hydrogen-bond acceptors (Lipinski definition) is 1. The lowest BCUT2D eigenvalue weighted by Gasteiger charge is -2.29. The molecule has 0 aliphatic rings. The molecular formula is C27H29PS. The first kappa shape index (κ1) is 21.5. The van der Waals surface area contributed by atoms with Gasteiger partial charge < -0.3 is 0 Å². The molecule has 0 heterocycles. The van der Waals surface area contributed by atoms with Gasteiger partial charge in [-0.2, -0.15) is 0 Å². The van der Waals surface area contributed by atoms with Gasteiger partial charge in [-0.1, -0.05) is 122 Å². The van der Waals surface area contributed by atoms with Crippen molar-refractivity contribution in [2.45, 2.75) is 32.6 Å². The molecule has 0 aliphatic heterocycles. The van der Waals surface area contributed by atoms with Crippen molar-refractivity contribution in [3.05, 3.63) is 115 Å². The fourth-order valence-corrected chi connectivity index (χ4v) is 8.16. The van der Waals surface area contributed by atoms with E-state index in [4.69, 9.17) is 11.8 Å². The molecule has 0 atom stereocenters. The van der Waals surface area contributed by atoms with Crippen LogP contribution in [0.4, 0.5) is 0 Å². The van der Waals surface area contributed by atoms with Crippen molar-refractivity contribution in [3.8, 4) is 0 Å². The zero-order valence-corrected chi connectivity index (χ0v) is 18.8. The molecule has 0 fully saturated rings. The first-order chi connectivity index (χ1) is 14.2. The summed E-state index contributed by atoms with van der Waals surface area (Å²) in [5, 5.41) is 3.88. The number of hydrogen-bond donors (Lipinski definition) is 0. The van der Waals surface area contributed by atoms with E-state index in [1.807, 2.05) is 6.08 Å². The van der Waals surface area contributed by atoms with Crippen LogP contribution in [0, 0.1) is 0 Å². The molecule has 0 nitrogen and oxygen atoms in total. The van der Waals surface area contributed by atoms with Crippen LogP contribution >= 0.6 is 6.04 Å². The minimum atomic E-state index is -2.17. The minimum absolute atomic E-state index is 0.814. The summed E-state index contributed by atoms with van der Waals surface area (Å²) in [4.78, 5) is 0. The van der Waals surface area contributed by atoms with Crippen molar-refractivity contribution < 1.29 is 0 Å². The van der Waals surface area contributed by atoms with Crippen molar-refractivity contribution >= 4 is 34.0 Å². The summed E-state index contributed by atoms with van der Waals surface area (Å²) in [5.41, 5.74) is 2.70. The van der Waals surface area contributed by atoms with Crippen molar-refractivity contribution in [1.29, 1.82) is 0 Å². The molecule has 0 bridgehead atoms. The van der Waals surface area contributed by atoms with Gasteiger partial charge in [0.25, 0.3) is 0 Å². The normalized spacial score (nSPS) is 12.3. The second-order valence-electron chi connectivity index (χ2n) is 7.17. The first-order valence-electron chi connectivity index (χ1n) is 10.3. The summed E-state index contributed by atoms with van der Waals surface area (Å²) in [7, 11) is 0. The fourth-order valence-electron chi connectivity index (χ4n) is 3.76. The van der Waals surface area contributed by atoms with Crippen LogP contribution in [0.5, 0.6) is 0 Å². The van der Waals surface area contributed by atoms with Crippen LogP contribution in [0.1, 0.15) is 38.2 Å². The van der Waals surface area contributed by atoms with E-state index in [2.05, 4.69) is 104 Å². The van der Waals surface area contributed by atoms with Gasteiger partial charge in [0.2, 0.25) is 0 Å². The van der Waals surface area contributed by atoms with E-state index in [9.17, 15) is 0 Å². The lowest BCUT2D eigenvalue weighted by Crippen LogP contribution is -2.18. The number of rotatable bonds is 9. The molecule has 0 amide bonds. The molecule has 3 rings (SSSR count). The molecule has 0 saturated carbocycles. The minimum Gasteiger partial charge on any atom is -0.103 e. The Labute approximate surface area is 181 Å². The van der Waals surface area contributed by atoms with E-state index in [1.54, 1.807) is 0 Å². The van der Waals surface area contributed by atoms with Crippen LogP contribution in [0.25, 0.3) is 5.57 Å². The quantitative estimate of drug-likeness (QED) is 0.261. The fraction of sp³-hybridized carbons (Fsp3) is 0.185. The first-order valence-corrected chi connectivity index (χ1v) is 13.1. The topological polar surface area (TPSA) is 0 Å². The average Bonchev–Trinajstić information content (AvgIpc) is 2.80. The van der Waals surface area contributed by atoms with Crippen LogP contribution in [0.2, 0.25) is 0 Å². The Morgan fingerprint density at radius 2 is 1.31 bits per heavy atom. The summed E-state index contributed by atoms with van der Waals surface area (Å²) in [6, 6.07) is 30.0. The lowest BCUT2D eigenvalue weighted by molar-refractivity contribution is 0.822. The Kier molecular flexibility index (Phi) is 7.81. The molecule has 3 aromatic carbocycles. The predicted molar refractivity (Wildman–Crippen MR) is 134 cm³/mol. The van der Waals surface area contributed by atoms with Crippen molar-refractivity contribution in [1.82, 2.24) is 0 Å². The highest BCUT2D eigenvalue weighted by molar-refractivity contribution is 8.24. The Hall–Kier alpha value is -2.21. The maximum absolute atomic E-state index is 6.65. The van der Waals surface area contributed by atoms with E-state index in [0.29, 0.717) is 0 Å². The summed E-state index contributed by atoms with van der Waals surface area (Å²) >= 11 is 6.65. The number of benzene rings is 3. The van der Waals surface area contributed by atoms with Crippen LogP contribution in [-0.4, -0.2) is 0 Å². The van der Waals surface area contributed by atoms with Crippen LogP contribution in [0.3, 0.4) is 0 Å². The summed E-state index contributed by atoms with van der Waals surface area (Å²) < 4.78 is 0. The van der Waals surface area contributed by atoms with Crippen molar-refractivity contribution in [2.75, 3.05) is 0 Å². The molecular weight excluding hydrogens is 387 g/mol. The molecule has 148 valence electrons. The average molecular weight is 417 g/mol. The molecule has 0 unspecified atom stereocenters. The van der Waals surface area contributed by atoms with Gasteiger partial charge >= 0.3 is 0 Å². The van der Waals surface area contributed by atoms with Gasteiger partial charge in [-0.15, -0.1) is 6.58 Å².